The standard InChI is InChI=1S/C7H8O.2CH5N.2W/c1-8-7-5-3-2-4-6-7;2*1-2;;/h2-6H,1H3;2*2H2,1H3;;. The van der Waals surface area contributed by atoms with Crippen LogP contribution in [0.2, 0.25) is 0 Å². The summed E-state index contributed by atoms with van der Waals surface area (Å²) in [7, 11) is 4.66. The van der Waals surface area contributed by atoms with Crippen LogP contribution < -0.4 is 16.2 Å². The van der Waals surface area contributed by atoms with Crippen molar-refractivity contribution in [3.05, 3.63) is 30.3 Å². The van der Waals surface area contributed by atoms with E-state index in [2.05, 4.69) is 11.5 Å². The maximum absolute atomic E-state index is 4.91. The number of nitrogens with two attached hydrogens (primary N) is 2. The molecule has 0 aromatic heterocycles. The Hall–Kier alpha value is 0.317. The van der Waals surface area contributed by atoms with E-state index in [1.165, 1.54) is 14.1 Å². The van der Waals surface area contributed by atoms with Crippen LogP contribution >= 0.6 is 0 Å². The average molecular weight is 538 g/mol. The van der Waals surface area contributed by atoms with Gasteiger partial charge in [-0.1, -0.05) is 18.2 Å². The second-order valence-corrected chi connectivity index (χ2v) is 1.52. The zero-order valence-electron chi connectivity index (χ0n) is 8.77. The van der Waals surface area contributed by atoms with Crippen molar-refractivity contribution in [1.82, 2.24) is 0 Å². The first-order valence-electron chi connectivity index (χ1n) is 3.68. The molecule has 5 heteroatoms. The van der Waals surface area contributed by atoms with Gasteiger partial charge in [-0.2, -0.15) is 0 Å². The first-order valence-corrected chi connectivity index (χ1v) is 3.68. The molecule has 0 unspecified atom stereocenters. The van der Waals surface area contributed by atoms with E-state index in [0.29, 0.717) is 0 Å². The van der Waals surface area contributed by atoms with E-state index in [1.807, 2.05) is 30.3 Å². The van der Waals surface area contributed by atoms with Gasteiger partial charge in [-0.15, -0.1) is 0 Å². The first kappa shape index (κ1) is 23.9. The Labute approximate surface area is 115 Å². The summed E-state index contributed by atoms with van der Waals surface area (Å²) in [6, 6.07) is 9.68. The minimum Gasteiger partial charge on any atom is -0.497 e. The molecule has 3 nitrogen and oxygen atoms in total. The van der Waals surface area contributed by atoms with Crippen LogP contribution in [0.15, 0.2) is 30.3 Å². The molecule has 0 fully saturated rings. The molecule has 0 amide bonds. The monoisotopic (exact) mass is 538 g/mol. The Kier molecular flexibility index (Phi) is 39.7. The summed E-state index contributed by atoms with van der Waals surface area (Å²) in [4.78, 5) is 0. The van der Waals surface area contributed by atoms with Gasteiger partial charge in [-0.25, -0.2) is 0 Å². The first-order chi connectivity index (χ1) is 5.93. The maximum atomic E-state index is 4.91. The van der Waals surface area contributed by atoms with E-state index >= 15 is 0 Å². The Morgan fingerprint density at radius 1 is 0.857 bits per heavy atom. The van der Waals surface area contributed by atoms with Crippen molar-refractivity contribution in [2.75, 3.05) is 21.2 Å². The van der Waals surface area contributed by atoms with E-state index in [-0.39, 0.29) is 42.1 Å². The summed E-state index contributed by atoms with van der Waals surface area (Å²) >= 11 is 0. The number of hydrogen-bond donors (Lipinski definition) is 2. The fourth-order valence-electron chi connectivity index (χ4n) is 0.557. The summed E-state index contributed by atoms with van der Waals surface area (Å²) < 4.78 is 4.91. The number of hydrogen-bond acceptors (Lipinski definition) is 3. The van der Waals surface area contributed by atoms with Crippen molar-refractivity contribution >= 4 is 0 Å². The Morgan fingerprint density at radius 2 is 1.21 bits per heavy atom. The van der Waals surface area contributed by atoms with E-state index in [1.54, 1.807) is 7.11 Å². The second-order valence-electron chi connectivity index (χ2n) is 1.52. The minimum absolute atomic E-state index is 0. The fraction of sp³-hybridized carbons (Fsp3) is 0.333. The average Bonchev–Trinajstić information content (AvgIpc) is 2.25. The molecule has 4 N–H and O–H groups in total. The SMILES string of the molecule is CN.CN.COc1ccccc1.[W].[W]. The van der Waals surface area contributed by atoms with Gasteiger partial charge in [-0.3, -0.25) is 0 Å². The molecule has 0 spiro atoms. The molecule has 14 heavy (non-hydrogen) atoms. The van der Waals surface area contributed by atoms with Gasteiger partial charge in [0.25, 0.3) is 0 Å². The number of methoxy groups -OCH3 is 1. The molecule has 0 aliphatic heterocycles. The third-order valence-corrected chi connectivity index (χ3v) is 0.979. The van der Waals surface area contributed by atoms with E-state index in [9.17, 15) is 0 Å². The van der Waals surface area contributed by atoms with Crippen molar-refractivity contribution in [2.24, 2.45) is 11.5 Å². The minimum atomic E-state index is 0. The summed E-state index contributed by atoms with van der Waals surface area (Å²) in [5.41, 5.74) is 9.00. The van der Waals surface area contributed by atoms with Crippen molar-refractivity contribution in [2.45, 2.75) is 0 Å². The number of benzene rings is 1. The third-order valence-electron chi connectivity index (χ3n) is 0.979. The molecule has 82 valence electrons. The molecule has 1 rings (SSSR count). The van der Waals surface area contributed by atoms with Crippen LogP contribution in [0.25, 0.3) is 0 Å². The predicted molar refractivity (Wildman–Crippen MR) is 53.2 cm³/mol. The number of rotatable bonds is 1. The molecule has 0 aliphatic carbocycles. The fourth-order valence-corrected chi connectivity index (χ4v) is 0.557. The van der Waals surface area contributed by atoms with Crippen LogP contribution in [-0.4, -0.2) is 21.2 Å². The van der Waals surface area contributed by atoms with E-state index in [0.717, 1.165) is 5.75 Å². The molecule has 0 saturated carbocycles. The van der Waals surface area contributed by atoms with Crippen molar-refractivity contribution in [3.8, 4) is 5.75 Å². The van der Waals surface area contributed by atoms with Gasteiger partial charge in [0.15, 0.2) is 0 Å². The number of ether oxygens (including phenoxy) is 1. The van der Waals surface area contributed by atoms with Crippen LogP contribution in [-0.2, 0) is 42.1 Å². The topological polar surface area (TPSA) is 61.3 Å². The van der Waals surface area contributed by atoms with Gasteiger partial charge in [0.05, 0.1) is 7.11 Å². The summed E-state index contributed by atoms with van der Waals surface area (Å²) in [6.07, 6.45) is 0. The van der Waals surface area contributed by atoms with Crippen LogP contribution in [0.4, 0.5) is 0 Å². The van der Waals surface area contributed by atoms with Crippen LogP contribution in [0.5, 0.6) is 5.75 Å². The molecule has 0 bridgehead atoms. The van der Waals surface area contributed by atoms with Crippen LogP contribution in [0.3, 0.4) is 0 Å². The van der Waals surface area contributed by atoms with Crippen molar-refractivity contribution in [3.63, 3.8) is 0 Å². The normalized spacial score (nSPS) is 5.79. The van der Waals surface area contributed by atoms with Crippen LogP contribution in [0, 0.1) is 0 Å². The molecule has 1 aromatic rings. The third kappa shape index (κ3) is 14.8. The summed E-state index contributed by atoms with van der Waals surface area (Å²) in [5.74, 6) is 0.910. The van der Waals surface area contributed by atoms with Crippen molar-refractivity contribution in [1.29, 1.82) is 0 Å². The Bertz CT molecular complexity index is 162. The Morgan fingerprint density at radius 3 is 1.43 bits per heavy atom. The van der Waals surface area contributed by atoms with Gasteiger partial charge in [0, 0.05) is 42.1 Å². The summed E-state index contributed by atoms with van der Waals surface area (Å²) in [6.45, 7) is 0. The van der Waals surface area contributed by atoms with Crippen molar-refractivity contribution < 1.29 is 46.9 Å². The molecular weight excluding hydrogens is 520 g/mol. The van der Waals surface area contributed by atoms with Gasteiger partial charge in [0.1, 0.15) is 5.75 Å². The van der Waals surface area contributed by atoms with Gasteiger partial charge >= 0.3 is 0 Å². The Balaban J connectivity index is -0.0000000750. The predicted octanol–water partition coefficient (Wildman–Crippen LogP) is 0.840. The number of para-hydroxylation sites is 1. The second kappa shape index (κ2) is 23.3. The molecule has 0 atom stereocenters. The molecular formula is C9H18N2OW2. The molecule has 0 heterocycles. The zero-order chi connectivity index (χ0) is 9.82. The van der Waals surface area contributed by atoms with Gasteiger partial charge in [-0.05, 0) is 26.2 Å². The quantitative estimate of drug-likeness (QED) is 0.558. The zero-order valence-corrected chi connectivity index (χ0v) is 14.6. The van der Waals surface area contributed by atoms with Crippen LogP contribution in [0.1, 0.15) is 0 Å². The molecule has 1 aromatic carbocycles. The van der Waals surface area contributed by atoms with Gasteiger partial charge < -0.3 is 16.2 Å². The summed E-state index contributed by atoms with van der Waals surface area (Å²) in [5, 5.41) is 0. The van der Waals surface area contributed by atoms with E-state index in [4.69, 9.17) is 4.74 Å². The smallest absolute Gasteiger partial charge is 0.118 e. The molecule has 0 saturated heterocycles. The molecule has 0 aliphatic rings. The van der Waals surface area contributed by atoms with E-state index < -0.39 is 0 Å². The molecule has 0 radical (unpaired) electrons. The van der Waals surface area contributed by atoms with Gasteiger partial charge in [0.2, 0.25) is 0 Å². The maximum Gasteiger partial charge on any atom is 0.118 e. The largest absolute Gasteiger partial charge is 0.497 e.